The Morgan fingerprint density at radius 2 is 1.92 bits per heavy atom. The molecule has 1 saturated heterocycles. The zero-order chi connectivity index (χ0) is 17.2. The number of rotatable bonds is 4. The van der Waals surface area contributed by atoms with Gasteiger partial charge in [-0.1, -0.05) is 18.2 Å². The summed E-state index contributed by atoms with van der Waals surface area (Å²) >= 11 is 0. The smallest absolute Gasteiger partial charge is 0.256 e. The highest BCUT2D eigenvalue weighted by atomic mass is 32.2. The maximum Gasteiger partial charge on any atom is 0.256 e. The van der Waals surface area contributed by atoms with Crippen LogP contribution in [0.15, 0.2) is 42.5 Å². The Kier molecular flexibility index (Phi) is 4.48. The van der Waals surface area contributed by atoms with Crippen LogP contribution in [0.5, 0.6) is 0 Å². The number of nitrogens with one attached hydrogen (secondary N) is 1. The van der Waals surface area contributed by atoms with Crippen LogP contribution in [-0.2, 0) is 9.84 Å². The lowest BCUT2D eigenvalue weighted by atomic mass is 10.2. The van der Waals surface area contributed by atoms with Crippen molar-refractivity contribution in [3.63, 3.8) is 0 Å². The third-order valence-corrected chi connectivity index (χ3v) is 5.80. The molecule has 0 aliphatic carbocycles. The van der Waals surface area contributed by atoms with Gasteiger partial charge in [0.1, 0.15) is 0 Å². The summed E-state index contributed by atoms with van der Waals surface area (Å²) in [6.45, 7) is 0. The van der Waals surface area contributed by atoms with Gasteiger partial charge >= 0.3 is 0 Å². The van der Waals surface area contributed by atoms with E-state index in [1.807, 2.05) is 11.0 Å². The lowest BCUT2D eigenvalue weighted by Crippen LogP contribution is -2.33. The Morgan fingerprint density at radius 1 is 1.17 bits per heavy atom. The van der Waals surface area contributed by atoms with E-state index in [1.54, 1.807) is 43.4 Å². The molecule has 7 nitrogen and oxygen atoms in total. The zero-order valence-corrected chi connectivity index (χ0v) is 14.0. The Bertz CT molecular complexity index is 822. The summed E-state index contributed by atoms with van der Waals surface area (Å²) in [5.74, 6) is 1.01. The molecule has 1 aromatic heterocycles. The molecule has 8 heteroatoms. The number of anilines is 2. The molecule has 1 fully saturated rings. The van der Waals surface area contributed by atoms with Crippen LogP contribution in [0.1, 0.15) is 16.8 Å². The van der Waals surface area contributed by atoms with Crippen LogP contribution >= 0.6 is 0 Å². The number of benzene rings is 1. The summed E-state index contributed by atoms with van der Waals surface area (Å²) in [6.07, 6.45) is 0.590. The van der Waals surface area contributed by atoms with E-state index in [-0.39, 0.29) is 23.5 Å². The van der Waals surface area contributed by atoms with E-state index in [0.717, 1.165) is 0 Å². The molecule has 24 heavy (non-hydrogen) atoms. The SMILES string of the molecule is CN(c1ccc(NC(=O)c2ccccc2)nn1)C1CCS(=O)(=O)C1. The van der Waals surface area contributed by atoms with E-state index >= 15 is 0 Å². The Balaban J connectivity index is 1.66. The zero-order valence-electron chi connectivity index (χ0n) is 13.2. The van der Waals surface area contributed by atoms with Crippen molar-refractivity contribution >= 4 is 27.4 Å². The first-order valence-electron chi connectivity index (χ1n) is 7.58. The number of carbonyl (C=O) groups excluding carboxylic acids is 1. The van der Waals surface area contributed by atoms with Crippen LogP contribution in [0.4, 0.5) is 11.6 Å². The fraction of sp³-hybridized carbons (Fsp3) is 0.312. The van der Waals surface area contributed by atoms with Crippen LogP contribution in [0.3, 0.4) is 0 Å². The minimum Gasteiger partial charge on any atom is -0.354 e. The van der Waals surface area contributed by atoms with E-state index in [0.29, 0.717) is 23.6 Å². The molecular weight excluding hydrogens is 328 g/mol. The second-order valence-corrected chi connectivity index (χ2v) is 7.99. The second-order valence-electron chi connectivity index (χ2n) is 5.76. The highest BCUT2D eigenvalue weighted by Gasteiger charge is 2.31. The first-order valence-corrected chi connectivity index (χ1v) is 9.40. The second kappa shape index (κ2) is 6.56. The molecule has 3 rings (SSSR count). The van der Waals surface area contributed by atoms with Gasteiger partial charge in [0.05, 0.1) is 11.5 Å². The van der Waals surface area contributed by atoms with Gasteiger partial charge in [-0.25, -0.2) is 8.42 Å². The van der Waals surface area contributed by atoms with Crippen molar-refractivity contribution in [3.8, 4) is 0 Å². The fourth-order valence-electron chi connectivity index (χ4n) is 2.63. The number of amides is 1. The predicted octanol–water partition coefficient (Wildman–Crippen LogP) is 1.35. The minimum atomic E-state index is -2.95. The lowest BCUT2D eigenvalue weighted by Gasteiger charge is -2.23. The highest BCUT2D eigenvalue weighted by molar-refractivity contribution is 7.91. The first-order chi connectivity index (χ1) is 11.4. The summed E-state index contributed by atoms with van der Waals surface area (Å²) in [5, 5.41) is 10.8. The van der Waals surface area contributed by atoms with Crippen molar-refractivity contribution in [1.82, 2.24) is 10.2 Å². The van der Waals surface area contributed by atoms with E-state index in [2.05, 4.69) is 15.5 Å². The molecule has 2 aromatic rings. The number of carbonyl (C=O) groups is 1. The third-order valence-electron chi connectivity index (χ3n) is 4.05. The van der Waals surface area contributed by atoms with Gasteiger partial charge < -0.3 is 10.2 Å². The molecule has 1 amide bonds. The van der Waals surface area contributed by atoms with Crippen LogP contribution in [-0.4, -0.2) is 49.1 Å². The topological polar surface area (TPSA) is 92.3 Å². The Morgan fingerprint density at radius 3 is 2.50 bits per heavy atom. The third kappa shape index (κ3) is 3.70. The summed E-state index contributed by atoms with van der Waals surface area (Å²) in [6, 6.07) is 12.1. The molecule has 2 heterocycles. The van der Waals surface area contributed by atoms with E-state index in [9.17, 15) is 13.2 Å². The van der Waals surface area contributed by atoms with Crippen LogP contribution in [0.25, 0.3) is 0 Å². The number of nitrogens with zero attached hydrogens (tertiary/aromatic N) is 3. The highest BCUT2D eigenvalue weighted by Crippen LogP contribution is 2.21. The minimum absolute atomic E-state index is 0.0888. The number of aromatic nitrogens is 2. The van der Waals surface area contributed by atoms with Gasteiger partial charge in [-0.2, -0.15) is 0 Å². The number of hydrogen-bond donors (Lipinski definition) is 1. The maximum atomic E-state index is 12.1. The lowest BCUT2D eigenvalue weighted by molar-refractivity contribution is 0.102. The standard InChI is InChI=1S/C16H18N4O3S/c1-20(13-9-10-24(22,23)11-13)15-8-7-14(18-19-15)17-16(21)12-5-3-2-4-6-12/h2-8,13H,9-11H2,1H3,(H,17,18,21). The largest absolute Gasteiger partial charge is 0.354 e. The van der Waals surface area contributed by atoms with Crippen LogP contribution < -0.4 is 10.2 Å². The van der Waals surface area contributed by atoms with Gasteiger partial charge in [0.15, 0.2) is 21.5 Å². The molecule has 1 unspecified atom stereocenters. The number of sulfone groups is 1. The van der Waals surface area contributed by atoms with Crippen LogP contribution in [0, 0.1) is 0 Å². The average Bonchev–Trinajstić information content (AvgIpc) is 2.95. The van der Waals surface area contributed by atoms with Gasteiger partial charge in [0.25, 0.3) is 5.91 Å². The monoisotopic (exact) mass is 346 g/mol. The molecule has 0 radical (unpaired) electrons. The normalized spacial score (nSPS) is 19.0. The van der Waals surface area contributed by atoms with Crippen molar-refractivity contribution in [1.29, 1.82) is 0 Å². The molecule has 1 aliphatic rings. The molecule has 0 saturated carbocycles. The van der Waals surface area contributed by atoms with E-state index in [1.165, 1.54) is 0 Å². The quantitative estimate of drug-likeness (QED) is 0.898. The average molecular weight is 346 g/mol. The summed E-state index contributed by atoms with van der Waals surface area (Å²) in [4.78, 5) is 13.9. The first kappa shape index (κ1) is 16.4. The molecule has 126 valence electrons. The van der Waals surface area contributed by atoms with E-state index in [4.69, 9.17) is 0 Å². The summed E-state index contributed by atoms with van der Waals surface area (Å²) in [5.41, 5.74) is 0.539. The maximum absolute atomic E-state index is 12.1. The van der Waals surface area contributed by atoms with Gasteiger partial charge in [-0.15, -0.1) is 10.2 Å². The molecular formula is C16H18N4O3S. The Labute approximate surface area is 140 Å². The molecule has 0 bridgehead atoms. The van der Waals surface area contributed by atoms with Gasteiger partial charge in [0, 0.05) is 18.7 Å². The summed E-state index contributed by atoms with van der Waals surface area (Å²) < 4.78 is 23.2. The van der Waals surface area contributed by atoms with Crippen molar-refractivity contribution in [3.05, 3.63) is 48.0 Å². The van der Waals surface area contributed by atoms with Gasteiger partial charge in [-0.05, 0) is 30.7 Å². The van der Waals surface area contributed by atoms with Crippen LogP contribution in [0.2, 0.25) is 0 Å². The molecule has 1 aromatic carbocycles. The molecule has 1 atom stereocenters. The van der Waals surface area contributed by atoms with E-state index < -0.39 is 9.84 Å². The van der Waals surface area contributed by atoms with Gasteiger partial charge in [-0.3, -0.25) is 4.79 Å². The molecule has 1 N–H and O–H groups in total. The fourth-order valence-corrected chi connectivity index (χ4v) is 4.40. The predicted molar refractivity (Wildman–Crippen MR) is 91.9 cm³/mol. The van der Waals surface area contributed by atoms with Gasteiger partial charge in [0.2, 0.25) is 0 Å². The van der Waals surface area contributed by atoms with Crippen molar-refractivity contribution in [2.75, 3.05) is 28.8 Å². The number of hydrogen-bond acceptors (Lipinski definition) is 6. The molecule has 0 spiro atoms. The van der Waals surface area contributed by atoms with Crippen molar-refractivity contribution in [2.45, 2.75) is 12.5 Å². The summed E-state index contributed by atoms with van der Waals surface area (Å²) in [7, 11) is -1.15. The van der Waals surface area contributed by atoms with Crippen molar-refractivity contribution in [2.24, 2.45) is 0 Å². The Hall–Kier alpha value is -2.48. The molecule has 1 aliphatic heterocycles. The van der Waals surface area contributed by atoms with Crippen molar-refractivity contribution < 1.29 is 13.2 Å².